The van der Waals surface area contributed by atoms with Crippen molar-refractivity contribution in [1.82, 2.24) is 15.2 Å². The number of nitrogen functional groups attached to an aromatic ring is 1. The zero-order valence-electron chi connectivity index (χ0n) is 10.3. The van der Waals surface area contributed by atoms with Crippen molar-refractivity contribution in [3.05, 3.63) is 52.8 Å². The maximum Gasteiger partial charge on any atom is 0.153 e. The van der Waals surface area contributed by atoms with Crippen LogP contribution in [0.4, 0.5) is 5.82 Å². The maximum atomic E-state index is 6.26. The van der Waals surface area contributed by atoms with Crippen molar-refractivity contribution in [2.24, 2.45) is 0 Å². The van der Waals surface area contributed by atoms with Crippen LogP contribution in [0.3, 0.4) is 0 Å². The maximum absolute atomic E-state index is 6.26. The topological polar surface area (TPSA) is 67.6 Å². The number of aromatic amines is 1. The number of anilines is 1. The Hall–Kier alpha value is -2.04. The van der Waals surface area contributed by atoms with Crippen molar-refractivity contribution in [3.63, 3.8) is 0 Å². The Kier molecular flexibility index (Phi) is 3.34. The lowest BCUT2D eigenvalue weighted by Gasteiger charge is -2.07. The van der Waals surface area contributed by atoms with Crippen LogP contribution in [0.15, 0.2) is 42.7 Å². The van der Waals surface area contributed by atoms with Gasteiger partial charge in [0, 0.05) is 18.0 Å². The van der Waals surface area contributed by atoms with Crippen LogP contribution in [0.2, 0.25) is 10.0 Å². The van der Waals surface area contributed by atoms with Gasteiger partial charge in [-0.15, -0.1) is 0 Å². The van der Waals surface area contributed by atoms with Gasteiger partial charge in [-0.2, -0.15) is 5.10 Å². The summed E-state index contributed by atoms with van der Waals surface area (Å²) in [5.41, 5.74) is 9.16. The van der Waals surface area contributed by atoms with E-state index in [2.05, 4.69) is 15.2 Å². The van der Waals surface area contributed by atoms with Gasteiger partial charge in [-0.1, -0.05) is 35.3 Å². The number of nitrogens with zero attached hydrogens (tertiary/aromatic N) is 2. The van der Waals surface area contributed by atoms with E-state index in [1.165, 1.54) is 0 Å². The fourth-order valence-corrected chi connectivity index (χ4v) is 2.45. The second kappa shape index (κ2) is 5.15. The molecule has 0 unspecified atom stereocenters. The average Bonchev–Trinajstić information content (AvgIpc) is 2.84. The van der Waals surface area contributed by atoms with E-state index < -0.39 is 0 Å². The molecule has 0 spiro atoms. The lowest BCUT2D eigenvalue weighted by molar-refractivity contribution is 1.10. The molecule has 20 heavy (non-hydrogen) atoms. The van der Waals surface area contributed by atoms with E-state index in [4.69, 9.17) is 28.9 Å². The summed E-state index contributed by atoms with van der Waals surface area (Å²) in [5, 5.41) is 7.94. The molecule has 0 saturated carbocycles. The first kappa shape index (κ1) is 13.0. The van der Waals surface area contributed by atoms with Crippen molar-refractivity contribution in [2.75, 3.05) is 5.73 Å². The Balaban J connectivity index is 2.24. The molecule has 3 N–H and O–H groups in total. The van der Waals surface area contributed by atoms with Gasteiger partial charge >= 0.3 is 0 Å². The Labute approximate surface area is 125 Å². The van der Waals surface area contributed by atoms with E-state index in [1.54, 1.807) is 18.5 Å². The Morgan fingerprint density at radius 3 is 2.55 bits per heavy atom. The molecule has 0 aliphatic heterocycles. The van der Waals surface area contributed by atoms with Crippen LogP contribution in [0.25, 0.3) is 22.4 Å². The molecule has 100 valence electrons. The average molecular weight is 305 g/mol. The largest absolute Gasteiger partial charge is 0.382 e. The first-order valence-electron chi connectivity index (χ1n) is 5.87. The number of hydrogen-bond donors (Lipinski definition) is 2. The second-order valence-corrected chi connectivity index (χ2v) is 4.98. The molecule has 0 saturated heterocycles. The molecule has 4 nitrogen and oxygen atoms in total. The van der Waals surface area contributed by atoms with E-state index in [1.807, 2.05) is 24.3 Å². The molecule has 0 atom stereocenters. The summed E-state index contributed by atoms with van der Waals surface area (Å²) < 4.78 is 0. The number of hydrogen-bond acceptors (Lipinski definition) is 3. The number of benzene rings is 1. The number of aromatic nitrogens is 3. The van der Waals surface area contributed by atoms with Gasteiger partial charge < -0.3 is 5.73 Å². The van der Waals surface area contributed by atoms with Crippen molar-refractivity contribution in [1.29, 1.82) is 0 Å². The molecule has 3 rings (SSSR count). The predicted molar refractivity (Wildman–Crippen MR) is 81.7 cm³/mol. The Morgan fingerprint density at radius 1 is 1.05 bits per heavy atom. The molecule has 0 bridgehead atoms. The third-order valence-corrected chi connectivity index (χ3v) is 3.80. The zero-order chi connectivity index (χ0) is 14.1. The van der Waals surface area contributed by atoms with E-state index in [0.717, 1.165) is 22.4 Å². The molecule has 1 aromatic carbocycles. The number of rotatable bonds is 2. The highest BCUT2D eigenvalue weighted by molar-refractivity contribution is 6.43. The highest BCUT2D eigenvalue weighted by Crippen LogP contribution is 2.39. The fourth-order valence-electron chi connectivity index (χ4n) is 2.06. The van der Waals surface area contributed by atoms with Gasteiger partial charge in [0.15, 0.2) is 5.82 Å². The predicted octanol–water partition coefficient (Wildman–Crippen LogP) is 4.03. The molecule has 2 heterocycles. The van der Waals surface area contributed by atoms with Gasteiger partial charge in [0.2, 0.25) is 0 Å². The third kappa shape index (κ3) is 2.13. The van der Waals surface area contributed by atoms with Crippen LogP contribution >= 0.6 is 23.2 Å². The van der Waals surface area contributed by atoms with Gasteiger partial charge in [0.1, 0.15) is 0 Å². The first-order chi connectivity index (χ1) is 9.68. The minimum absolute atomic E-state index is 0.405. The molecule has 6 heteroatoms. The summed E-state index contributed by atoms with van der Waals surface area (Å²) in [7, 11) is 0. The summed E-state index contributed by atoms with van der Waals surface area (Å²) in [6, 6.07) is 9.16. The second-order valence-electron chi connectivity index (χ2n) is 4.20. The minimum atomic E-state index is 0.405. The minimum Gasteiger partial charge on any atom is -0.382 e. The third-order valence-electron chi connectivity index (χ3n) is 2.98. The molecule has 0 aliphatic rings. The lowest BCUT2D eigenvalue weighted by atomic mass is 10.0. The van der Waals surface area contributed by atoms with Crippen LogP contribution in [0, 0.1) is 0 Å². The Morgan fingerprint density at radius 2 is 1.80 bits per heavy atom. The van der Waals surface area contributed by atoms with Crippen LogP contribution in [-0.2, 0) is 0 Å². The SMILES string of the molecule is Nc1n[nH]c(-c2cccc(Cl)c2Cl)c1-c1ccncc1. The number of nitrogens with one attached hydrogen (secondary N) is 1. The standard InChI is InChI=1S/C14H10Cl2N4/c15-10-3-1-2-9(12(10)16)13-11(14(17)20-19-13)8-4-6-18-7-5-8/h1-7H,(H3,17,19,20). The Bertz CT molecular complexity index is 753. The van der Waals surface area contributed by atoms with Crippen molar-refractivity contribution >= 4 is 29.0 Å². The molecular weight excluding hydrogens is 295 g/mol. The fraction of sp³-hybridized carbons (Fsp3) is 0. The van der Waals surface area contributed by atoms with Gasteiger partial charge in [0.05, 0.1) is 21.3 Å². The van der Waals surface area contributed by atoms with Crippen molar-refractivity contribution in [2.45, 2.75) is 0 Å². The normalized spacial score (nSPS) is 10.7. The zero-order valence-corrected chi connectivity index (χ0v) is 11.8. The molecule has 3 aromatic rings. The number of H-pyrrole nitrogens is 1. The molecule has 0 fully saturated rings. The number of pyridine rings is 1. The van der Waals surface area contributed by atoms with Crippen LogP contribution in [0.1, 0.15) is 0 Å². The smallest absolute Gasteiger partial charge is 0.153 e. The van der Waals surface area contributed by atoms with Crippen LogP contribution < -0.4 is 5.73 Å². The van der Waals surface area contributed by atoms with E-state index in [0.29, 0.717) is 15.9 Å². The first-order valence-corrected chi connectivity index (χ1v) is 6.62. The number of halogens is 2. The van der Waals surface area contributed by atoms with Gasteiger partial charge in [-0.25, -0.2) is 0 Å². The summed E-state index contributed by atoms with van der Waals surface area (Å²) >= 11 is 12.3. The van der Waals surface area contributed by atoms with Crippen LogP contribution in [-0.4, -0.2) is 15.2 Å². The summed E-state index contributed by atoms with van der Waals surface area (Å²) in [5.74, 6) is 0.405. The quantitative estimate of drug-likeness (QED) is 0.751. The molecule has 0 radical (unpaired) electrons. The molecule has 0 aliphatic carbocycles. The summed E-state index contributed by atoms with van der Waals surface area (Å²) in [6.07, 6.45) is 3.40. The summed E-state index contributed by atoms with van der Waals surface area (Å²) in [6.45, 7) is 0. The van der Waals surface area contributed by atoms with E-state index in [-0.39, 0.29) is 0 Å². The van der Waals surface area contributed by atoms with Crippen molar-refractivity contribution < 1.29 is 0 Å². The molecule has 0 amide bonds. The lowest BCUT2D eigenvalue weighted by Crippen LogP contribution is -1.89. The van der Waals surface area contributed by atoms with Crippen molar-refractivity contribution in [3.8, 4) is 22.4 Å². The van der Waals surface area contributed by atoms with E-state index in [9.17, 15) is 0 Å². The highest BCUT2D eigenvalue weighted by Gasteiger charge is 2.17. The highest BCUT2D eigenvalue weighted by atomic mass is 35.5. The van der Waals surface area contributed by atoms with Gasteiger partial charge in [0.25, 0.3) is 0 Å². The van der Waals surface area contributed by atoms with Gasteiger partial charge in [-0.05, 0) is 23.8 Å². The number of nitrogens with two attached hydrogens (primary N) is 1. The summed E-state index contributed by atoms with van der Waals surface area (Å²) in [4.78, 5) is 4.00. The monoisotopic (exact) mass is 304 g/mol. The van der Waals surface area contributed by atoms with Gasteiger partial charge in [-0.3, -0.25) is 10.1 Å². The van der Waals surface area contributed by atoms with Crippen LogP contribution in [0.5, 0.6) is 0 Å². The van der Waals surface area contributed by atoms with E-state index >= 15 is 0 Å². The molecule has 2 aromatic heterocycles. The molecular formula is C14H10Cl2N4.